The largest absolute Gasteiger partial charge is 0.347 e. The van der Waals surface area contributed by atoms with E-state index in [0.717, 1.165) is 16.3 Å². The number of halogens is 1. The van der Waals surface area contributed by atoms with Gasteiger partial charge < -0.3 is 4.98 Å². The van der Waals surface area contributed by atoms with Crippen molar-refractivity contribution < 1.29 is 4.98 Å². The number of fused-ring (bicyclic) bond motifs is 2. The molecule has 0 saturated heterocycles. The van der Waals surface area contributed by atoms with E-state index < -0.39 is 0 Å². The highest BCUT2D eigenvalue weighted by Gasteiger charge is 2.13. The Morgan fingerprint density at radius 3 is 3.13 bits per heavy atom. The van der Waals surface area contributed by atoms with Gasteiger partial charge in [-0.15, -0.1) is 0 Å². The molecule has 0 atom stereocenters. The van der Waals surface area contributed by atoms with E-state index >= 15 is 0 Å². The molecule has 4 aromatic rings. The Kier molecular flexibility index (Phi) is 3.51. The molecule has 0 aliphatic heterocycles. The van der Waals surface area contributed by atoms with Crippen molar-refractivity contribution >= 4 is 40.2 Å². The van der Waals surface area contributed by atoms with E-state index in [4.69, 9.17) is 11.6 Å². The number of aromatic amines is 2. The van der Waals surface area contributed by atoms with Gasteiger partial charge in [0.2, 0.25) is 0 Å². The van der Waals surface area contributed by atoms with Gasteiger partial charge >= 0.3 is 5.65 Å². The molecule has 0 saturated carbocycles. The van der Waals surface area contributed by atoms with Gasteiger partial charge in [-0.25, -0.2) is 9.97 Å². The molecule has 2 N–H and O–H groups in total. The molecule has 8 heteroatoms. The van der Waals surface area contributed by atoms with Gasteiger partial charge in [0.05, 0.1) is 10.7 Å². The van der Waals surface area contributed by atoms with Crippen LogP contribution in [0.25, 0.3) is 16.8 Å². The van der Waals surface area contributed by atoms with Crippen LogP contribution in [0, 0.1) is 0 Å². The third kappa shape index (κ3) is 2.80. The first-order chi connectivity index (χ1) is 11.2. The van der Waals surface area contributed by atoms with E-state index in [-0.39, 0.29) is 5.56 Å². The molecule has 0 aromatic carbocycles. The smallest absolute Gasteiger partial charge is 0.306 e. The number of hydrogen-bond acceptors (Lipinski definition) is 4. The van der Waals surface area contributed by atoms with Crippen molar-refractivity contribution in [1.29, 1.82) is 0 Å². The lowest BCUT2D eigenvalue weighted by Crippen LogP contribution is -2.14. The molecule has 4 rings (SSSR count). The minimum Gasteiger partial charge on any atom is -0.306 e. The molecule has 0 unspecified atom stereocenters. The normalized spacial score (nSPS) is 11.3. The number of pyridine rings is 2. The molecule has 0 radical (unpaired) electrons. The van der Waals surface area contributed by atoms with Crippen molar-refractivity contribution in [3.05, 3.63) is 63.8 Å². The summed E-state index contributed by atoms with van der Waals surface area (Å²) in [7, 11) is 0. The predicted octanol–water partition coefficient (Wildman–Crippen LogP) is 2.33. The first-order valence-electron chi connectivity index (χ1n) is 6.86. The summed E-state index contributed by atoms with van der Waals surface area (Å²) in [5.74, 6) is 0.550. The highest BCUT2D eigenvalue weighted by molar-refractivity contribution is 7.98. The van der Waals surface area contributed by atoms with Crippen molar-refractivity contribution in [2.75, 3.05) is 0 Å². The van der Waals surface area contributed by atoms with Gasteiger partial charge in [-0.3, -0.25) is 9.20 Å². The fraction of sp³-hybridized carbons (Fsp3) is 0.0667. The van der Waals surface area contributed by atoms with Gasteiger partial charge in [0.15, 0.2) is 0 Å². The monoisotopic (exact) mass is 344 g/mol. The number of hydrogen-bond donors (Lipinski definition) is 1. The van der Waals surface area contributed by atoms with Crippen LogP contribution in [0.1, 0.15) is 5.69 Å². The van der Waals surface area contributed by atoms with Crippen molar-refractivity contribution in [2.24, 2.45) is 0 Å². The number of nitrogens with zero attached hydrogens (tertiary/aromatic N) is 3. The van der Waals surface area contributed by atoms with E-state index in [1.54, 1.807) is 24.5 Å². The molecular formula is C15H11ClN5OS+. The summed E-state index contributed by atoms with van der Waals surface area (Å²) in [4.78, 5) is 27.2. The molecule has 0 spiro atoms. The Balaban J connectivity index is 1.61. The van der Waals surface area contributed by atoms with Gasteiger partial charge in [0.1, 0.15) is 17.4 Å². The summed E-state index contributed by atoms with van der Waals surface area (Å²) < 4.78 is 1.52. The molecule has 0 amide bonds. The van der Waals surface area contributed by atoms with Crippen LogP contribution in [0.2, 0.25) is 5.02 Å². The molecule has 0 bridgehead atoms. The van der Waals surface area contributed by atoms with Crippen molar-refractivity contribution in [3.8, 4) is 0 Å². The molecule has 0 aliphatic rings. The standard InChI is InChI=1S/C15H10ClN5OS/c16-9-5-11-14(17-7-9)20-15(19-11)23-8-10-6-13(22)21-4-2-1-3-12(21)18-10/h1-7H,8H2,(H,17,19,20)/p+1. The number of imidazole rings is 1. The summed E-state index contributed by atoms with van der Waals surface area (Å²) in [6, 6.07) is 8.84. The maximum Gasteiger partial charge on any atom is 0.347 e. The second-order valence-electron chi connectivity index (χ2n) is 4.93. The third-order valence-corrected chi connectivity index (χ3v) is 4.44. The van der Waals surface area contributed by atoms with Gasteiger partial charge in [-0.2, -0.15) is 0 Å². The summed E-state index contributed by atoms with van der Waals surface area (Å²) in [6.07, 6.45) is 3.39. The number of thioether (sulfide) groups is 1. The molecule has 0 aliphatic carbocycles. The molecule has 6 nitrogen and oxygen atoms in total. The van der Waals surface area contributed by atoms with Gasteiger partial charge in [-0.1, -0.05) is 29.4 Å². The summed E-state index contributed by atoms with van der Waals surface area (Å²) in [6.45, 7) is 0. The summed E-state index contributed by atoms with van der Waals surface area (Å²) in [5, 5.41) is 1.36. The Hall–Kier alpha value is -2.38. The minimum absolute atomic E-state index is 0.0871. The van der Waals surface area contributed by atoms with Crippen molar-refractivity contribution in [3.63, 3.8) is 0 Å². The Morgan fingerprint density at radius 2 is 2.22 bits per heavy atom. The average Bonchev–Trinajstić information content (AvgIpc) is 2.95. The predicted molar refractivity (Wildman–Crippen MR) is 88.7 cm³/mol. The molecule has 4 heterocycles. The van der Waals surface area contributed by atoms with E-state index in [0.29, 0.717) is 22.1 Å². The Bertz CT molecular complexity index is 1070. The van der Waals surface area contributed by atoms with Crippen LogP contribution in [0.15, 0.2) is 52.7 Å². The van der Waals surface area contributed by atoms with Gasteiger partial charge in [0.25, 0.3) is 10.7 Å². The number of nitrogens with one attached hydrogen (secondary N) is 2. The van der Waals surface area contributed by atoms with Crippen molar-refractivity contribution in [2.45, 2.75) is 10.9 Å². The highest BCUT2D eigenvalue weighted by atomic mass is 35.5. The molecule has 23 heavy (non-hydrogen) atoms. The third-order valence-electron chi connectivity index (χ3n) is 3.32. The van der Waals surface area contributed by atoms with Crippen LogP contribution in [-0.2, 0) is 5.75 Å². The second kappa shape index (κ2) is 5.68. The fourth-order valence-corrected chi connectivity index (χ4v) is 3.22. The number of aromatic nitrogens is 5. The summed E-state index contributed by atoms with van der Waals surface area (Å²) in [5.41, 5.74) is 2.85. The van der Waals surface area contributed by atoms with Crippen LogP contribution in [-0.4, -0.2) is 19.4 Å². The zero-order valence-corrected chi connectivity index (χ0v) is 13.4. The Morgan fingerprint density at radius 1 is 1.30 bits per heavy atom. The van der Waals surface area contributed by atoms with Crippen LogP contribution >= 0.6 is 23.4 Å². The average molecular weight is 345 g/mol. The van der Waals surface area contributed by atoms with Gasteiger partial charge in [0, 0.05) is 18.0 Å². The van der Waals surface area contributed by atoms with Crippen LogP contribution in [0.5, 0.6) is 0 Å². The second-order valence-corrected chi connectivity index (χ2v) is 6.33. The SMILES string of the molecule is O=c1cc(CSc2nc3[nH+]cc(Cl)cc3[nH]2)nc2ccccn12. The maximum absolute atomic E-state index is 12.1. The lowest BCUT2D eigenvalue weighted by atomic mass is 10.4. The van der Waals surface area contributed by atoms with E-state index in [1.807, 2.05) is 18.2 Å². The summed E-state index contributed by atoms with van der Waals surface area (Å²) >= 11 is 7.42. The Labute approximate surface area is 139 Å². The van der Waals surface area contributed by atoms with Crippen LogP contribution < -0.4 is 10.5 Å². The first kappa shape index (κ1) is 14.2. The topological polar surface area (TPSA) is 77.2 Å². The zero-order chi connectivity index (χ0) is 15.8. The zero-order valence-electron chi connectivity index (χ0n) is 11.8. The molecule has 0 fully saturated rings. The van der Waals surface area contributed by atoms with Gasteiger partial charge in [-0.05, 0) is 23.2 Å². The van der Waals surface area contributed by atoms with Crippen LogP contribution in [0.3, 0.4) is 0 Å². The quantitative estimate of drug-likeness (QED) is 0.579. The highest BCUT2D eigenvalue weighted by Crippen LogP contribution is 2.21. The van der Waals surface area contributed by atoms with Crippen LogP contribution in [0.4, 0.5) is 0 Å². The number of rotatable bonds is 3. The van der Waals surface area contributed by atoms with E-state index in [1.165, 1.54) is 16.2 Å². The van der Waals surface area contributed by atoms with Crippen molar-refractivity contribution in [1.82, 2.24) is 19.4 Å². The lowest BCUT2D eigenvalue weighted by molar-refractivity contribution is -0.347. The first-order valence-corrected chi connectivity index (χ1v) is 8.22. The molecule has 4 aromatic heterocycles. The molecule has 114 valence electrons. The lowest BCUT2D eigenvalue weighted by Gasteiger charge is -2.01. The minimum atomic E-state index is -0.0871. The molecular weight excluding hydrogens is 334 g/mol. The van der Waals surface area contributed by atoms with E-state index in [9.17, 15) is 4.79 Å². The maximum atomic E-state index is 12.1. The number of H-pyrrole nitrogens is 2. The van der Waals surface area contributed by atoms with E-state index in [2.05, 4.69) is 19.9 Å². The fourth-order valence-electron chi connectivity index (χ4n) is 2.28.